The highest BCUT2D eigenvalue weighted by atomic mass is 32.1. The van der Waals surface area contributed by atoms with Crippen LogP contribution in [-0.2, 0) is 4.79 Å². The summed E-state index contributed by atoms with van der Waals surface area (Å²) in [6, 6.07) is 11.7. The summed E-state index contributed by atoms with van der Waals surface area (Å²) in [6.45, 7) is 2.76. The Morgan fingerprint density at radius 2 is 1.96 bits per heavy atom. The van der Waals surface area contributed by atoms with Gasteiger partial charge in [-0.2, -0.15) is 0 Å². The van der Waals surface area contributed by atoms with Gasteiger partial charge in [0, 0.05) is 24.9 Å². The molecule has 0 aliphatic heterocycles. The molecule has 0 aliphatic rings. The second-order valence-corrected chi connectivity index (χ2v) is 6.38. The summed E-state index contributed by atoms with van der Waals surface area (Å²) in [5.74, 6) is -0.416. The van der Waals surface area contributed by atoms with Crippen molar-refractivity contribution < 1.29 is 19.4 Å². The monoisotopic (exact) mass is 347 g/mol. The number of carbonyl (C=O) groups is 2. The van der Waals surface area contributed by atoms with Crippen LogP contribution >= 0.6 is 11.3 Å². The third-order valence-electron chi connectivity index (χ3n) is 3.48. The van der Waals surface area contributed by atoms with Gasteiger partial charge in [0.1, 0.15) is 10.6 Å². The van der Waals surface area contributed by atoms with Crippen molar-refractivity contribution in [3.63, 3.8) is 0 Å². The molecular formula is C18H21NO4S. The van der Waals surface area contributed by atoms with Gasteiger partial charge in [0.25, 0.3) is 5.91 Å². The maximum Gasteiger partial charge on any atom is 0.303 e. The van der Waals surface area contributed by atoms with Gasteiger partial charge in [-0.25, -0.2) is 0 Å². The molecule has 0 aliphatic carbocycles. The van der Waals surface area contributed by atoms with E-state index < -0.39 is 5.97 Å². The first-order valence-electron chi connectivity index (χ1n) is 7.82. The van der Waals surface area contributed by atoms with Crippen LogP contribution in [0.15, 0.2) is 36.4 Å². The standard InChI is InChI=1S/C18H21NO4S/c1-3-23-14-12-15(13-8-5-4-6-9-13)24-17(14)18(22)19(2)11-7-10-16(20)21/h4-6,8-9,12H,3,7,10-11H2,1-2H3,(H,20,21). The van der Waals surface area contributed by atoms with Crippen LogP contribution in [0.3, 0.4) is 0 Å². The highest BCUT2D eigenvalue weighted by molar-refractivity contribution is 7.17. The highest BCUT2D eigenvalue weighted by Gasteiger charge is 2.21. The predicted octanol–water partition coefficient (Wildman–Crippen LogP) is 3.75. The second kappa shape index (κ2) is 8.49. The SMILES string of the molecule is CCOc1cc(-c2ccccc2)sc1C(=O)N(C)CCCC(=O)O. The molecule has 0 fully saturated rings. The van der Waals surface area contributed by atoms with Crippen molar-refractivity contribution in [2.45, 2.75) is 19.8 Å². The number of ether oxygens (including phenoxy) is 1. The second-order valence-electron chi connectivity index (χ2n) is 5.33. The van der Waals surface area contributed by atoms with Gasteiger partial charge in [-0.3, -0.25) is 9.59 Å². The van der Waals surface area contributed by atoms with E-state index in [1.54, 1.807) is 11.9 Å². The van der Waals surface area contributed by atoms with E-state index in [4.69, 9.17) is 9.84 Å². The van der Waals surface area contributed by atoms with Crippen molar-refractivity contribution in [3.05, 3.63) is 41.3 Å². The van der Waals surface area contributed by atoms with Crippen LogP contribution in [0.1, 0.15) is 29.4 Å². The Morgan fingerprint density at radius 1 is 1.25 bits per heavy atom. The quantitative estimate of drug-likeness (QED) is 0.790. The van der Waals surface area contributed by atoms with Gasteiger partial charge >= 0.3 is 5.97 Å². The molecule has 0 saturated heterocycles. The fourth-order valence-corrected chi connectivity index (χ4v) is 3.37. The molecule has 24 heavy (non-hydrogen) atoms. The minimum Gasteiger partial charge on any atom is -0.492 e. The third-order valence-corrected chi connectivity index (χ3v) is 4.63. The molecular weight excluding hydrogens is 326 g/mol. The molecule has 1 aromatic heterocycles. The summed E-state index contributed by atoms with van der Waals surface area (Å²) in [5, 5.41) is 8.70. The molecule has 0 radical (unpaired) electrons. The maximum atomic E-state index is 12.7. The van der Waals surface area contributed by atoms with Gasteiger partial charge in [0.05, 0.1) is 6.61 Å². The fourth-order valence-electron chi connectivity index (χ4n) is 2.27. The van der Waals surface area contributed by atoms with E-state index in [0.717, 1.165) is 10.4 Å². The van der Waals surface area contributed by atoms with Crippen LogP contribution < -0.4 is 4.74 Å². The lowest BCUT2D eigenvalue weighted by molar-refractivity contribution is -0.137. The Labute approximate surface area is 145 Å². The zero-order valence-corrected chi connectivity index (χ0v) is 14.6. The summed E-state index contributed by atoms with van der Waals surface area (Å²) in [4.78, 5) is 26.3. The van der Waals surface area contributed by atoms with E-state index in [-0.39, 0.29) is 12.3 Å². The molecule has 1 amide bonds. The molecule has 128 valence electrons. The largest absolute Gasteiger partial charge is 0.492 e. The summed E-state index contributed by atoms with van der Waals surface area (Å²) in [5.41, 5.74) is 1.04. The van der Waals surface area contributed by atoms with Gasteiger partial charge < -0.3 is 14.7 Å². The number of hydrogen-bond acceptors (Lipinski definition) is 4. The number of carbonyl (C=O) groups excluding carboxylic acids is 1. The number of hydrogen-bond donors (Lipinski definition) is 1. The number of nitrogens with zero attached hydrogens (tertiary/aromatic N) is 1. The number of rotatable bonds is 8. The fraction of sp³-hybridized carbons (Fsp3) is 0.333. The average Bonchev–Trinajstić information content (AvgIpc) is 2.99. The van der Waals surface area contributed by atoms with E-state index in [2.05, 4.69) is 0 Å². The number of carboxylic acids is 1. The van der Waals surface area contributed by atoms with E-state index in [1.165, 1.54) is 11.3 Å². The Balaban J connectivity index is 2.19. The number of benzene rings is 1. The molecule has 0 atom stereocenters. The van der Waals surface area contributed by atoms with Crippen molar-refractivity contribution >= 4 is 23.2 Å². The summed E-state index contributed by atoms with van der Waals surface area (Å²) in [6.07, 6.45) is 0.480. The van der Waals surface area contributed by atoms with E-state index in [1.807, 2.05) is 43.3 Å². The predicted molar refractivity (Wildman–Crippen MR) is 94.8 cm³/mol. The highest BCUT2D eigenvalue weighted by Crippen LogP contribution is 2.37. The van der Waals surface area contributed by atoms with Crippen molar-refractivity contribution in [1.29, 1.82) is 0 Å². The van der Waals surface area contributed by atoms with Gasteiger partial charge in [0.2, 0.25) is 0 Å². The molecule has 1 heterocycles. The number of amides is 1. The molecule has 5 nitrogen and oxygen atoms in total. The van der Waals surface area contributed by atoms with Gasteiger partial charge in [-0.05, 0) is 25.0 Å². The lowest BCUT2D eigenvalue weighted by Crippen LogP contribution is -2.27. The van der Waals surface area contributed by atoms with Gasteiger partial charge in [0.15, 0.2) is 0 Å². The van der Waals surface area contributed by atoms with Crippen LogP contribution in [0.2, 0.25) is 0 Å². The zero-order chi connectivity index (χ0) is 17.5. The normalized spacial score (nSPS) is 10.4. The molecule has 1 N–H and O–H groups in total. The van der Waals surface area contributed by atoms with Crippen LogP contribution in [0.25, 0.3) is 10.4 Å². The lowest BCUT2D eigenvalue weighted by Gasteiger charge is -2.16. The van der Waals surface area contributed by atoms with E-state index in [0.29, 0.717) is 30.2 Å². The van der Waals surface area contributed by atoms with Gasteiger partial charge in [-0.15, -0.1) is 11.3 Å². The zero-order valence-electron chi connectivity index (χ0n) is 13.8. The molecule has 0 unspecified atom stereocenters. The first-order valence-corrected chi connectivity index (χ1v) is 8.64. The lowest BCUT2D eigenvalue weighted by atomic mass is 10.2. The minimum absolute atomic E-state index is 0.0512. The molecule has 0 bridgehead atoms. The first kappa shape index (κ1) is 18.0. The van der Waals surface area contributed by atoms with Crippen molar-refractivity contribution in [2.24, 2.45) is 0 Å². The Hall–Kier alpha value is -2.34. The summed E-state index contributed by atoms with van der Waals surface area (Å²) >= 11 is 1.40. The molecule has 0 spiro atoms. The number of thiophene rings is 1. The molecule has 1 aromatic carbocycles. The molecule has 0 saturated carbocycles. The first-order chi connectivity index (χ1) is 11.5. The summed E-state index contributed by atoms with van der Waals surface area (Å²) in [7, 11) is 1.68. The molecule has 2 aromatic rings. The van der Waals surface area contributed by atoms with Crippen LogP contribution in [0, 0.1) is 0 Å². The average molecular weight is 347 g/mol. The third kappa shape index (κ3) is 4.58. The van der Waals surface area contributed by atoms with E-state index >= 15 is 0 Å². The Morgan fingerprint density at radius 3 is 2.58 bits per heavy atom. The van der Waals surface area contributed by atoms with Crippen molar-refractivity contribution in [3.8, 4) is 16.2 Å². The molecule has 2 rings (SSSR count). The Kier molecular flexibility index (Phi) is 6.37. The number of carboxylic acid groups (broad SMARTS) is 1. The van der Waals surface area contributed by atoms with Gasteiger partial charge in [-0.1, -0.05) is 30.3 Å². The molecule has 6 heteroatoms. The van der Waals surface area contributed by atoms with Crippen LogP contribution in [0.4, 0.5) is 0 Å². The van der Waals surface area contributed by atoms with E-state index in [9.17, 15) is 9.59 Å². The summed E-state index contributed by atoms with van der Waals surface area (Å²) < 4.78 is 5.62. The van der Waals surface area contributed by atoms with Crippen LogP contribution in [-0.4, -0.2) is 42.1 Å². The smallest absolute Gasteiger partial charge is 0.303 e. The van der Waals surface area contributed by atoms with Crippen LogP contribution in [0.5, 0.6) is 5.75 Å². The maximum absolute atomic E-state index is 12.7. The Bertz CT molecular complexity index is 696. The topological polar surface area (TPSA) is 66.8 Å². The van der Waals surface area contributed by atoms with Crippen molar-refractivity contribution in [2.75, 3.05) is 20.2 Å². The number of aliphatic carboxylic acids is 1. The minimum atomic E-state index is -0.853. The van der Waals surface area contributed by atoms with Crippen molar-refractivity contribution in [1.82, 2.24) is 4.90 Å².